The fourth-order valence-corrected chi connectivity index (χ4v) is 5.75. The standard InChI is InChI=1S/C30H27N5O4S/c1-19-27(23-7-4-11-31-16-23)29(22-6-3-8-25(15-22)35(37)38)28(20(2)34-19)30(36)39-12-5-9-26-21(10-13-40-26)14-24-17-32-18-33-24/h3-11,13,15-18,29,34H,12,14H2,1-2H3,(H,32,33)/b9-5+. The number of aromatic nitrogens is 3. The van der Waals surface area contributed by atoms with E-state index in [0.29, 0.717) is 16.8 Å². The number of nitro benzene ring substituents is 1. The van der Waals surface area contributed by atoms with Crippen LogP contribution in [0, 0.1) is 10.1 Å². The SMILES string of the molecule is CC1=C(C(=O)OC/C=C/c2sccc2Cc2cnc[nH]2)C(c2cccc([N+](=O)[O-])c2)C(c2cccnc2)=C(C)N1. The van der Waals surface area contributed by atoms with E-state index in [4.69, 9.17) is 4.74 Å². The summed E-state index contributed by atoms with van der Waals surface area (Å²) in [6.45, 7) is 3.81. The number of carbonyl (C=O) groups excluding carboxylic acids is 1. The van der Waals surface area contributed by atoms with E-state index in [9.17, 15) is 14.9 Å². The number of hydrogen-bond donors (Lipinski definition) is 2. The van der Waals surface area contributed by atoms with Gasteiger partial charge >= 0.3 is 5.97 Å². The van der Waals surface area contributed by atoms with Crippen molar-refractivity contribution in [3.63, 3.8) is 0 Å². The van der Waals surface area contributed by atoms with Crippen LogP contribution in [0.2, 0.25) is 0 Å². The summed E-state index contributed by atoms with van der Waals surface area (Å²) in [4.78, 5) is 37.3. The molecule has 3 aromatic heterocycles. The van der Waals surface area contributed by atoms with E-state index in [-0.39, 0.29) is 12.3 Å². The van der Waals surface area contributed by atoms with Crippen molar-refractivity contribution in [3.05, 3.63) is 133 Å². The van der Waals surface area contributed by atoms with Crippen LogP contribution in [0.4, 0.5) is 5.69 Å². The van der Waals surface area contributed by atoms with Gasteiger partial charge in [-0.3, -0.25) is 15.1 Å². The molecule has 5 rings (SSSR count). The van der Waals surface area contributed by atoms with Crippen LogP contribution in [0.5, 0.6) is 0 Å². The molecule has 2 N–H and O–H groups in total. The van der Waals surface area contributed by atoms with Crippen molar-refractivity contribution in [1.82, 2.24) is 20.3 Å². The normalized spacial score (nSPS) is 15.4. The average molecular weight is 554 g/mol. The van der Waals surface area contributed by atoms with Crippen LogP contribution in [0.1, 0.15) is 47.0 Å². The minimum atomic E-state index is -0.583. The van der Waals surface area contributed by atoms with E-state index >= 15 is 0 Å². The lowest BCUT2D eigenvalue weighted by atomic mass is 9.78. The molecule has 40 heavy (non-hydrogen) atoms. The summed E-state index contributed by atoms with van der Waals surface area (Å²) in [5, 5.41) is 16.9. The van der Waals surface area contributed by atoms with Crippen LogP contribution in [-0.2, 0) is 16.0 Å². The third-order valence-electron chi connectivity index (χ3n) is 6.66. The van der Waals surface area contributed by atoms with Crippen LogP contribution in [0.15, 0.2) is 95.8 Å². The number of rotatable bonds is 9. The molecule has 1 aliphatic rings. The Balaban J connectivity index is 1.41. The maximum Gasteiger partial charge on any atom is 0.337 e. The molecule has 202 valence electrons. The van der Waals surface area contributed by atoms with Gasteiger partial charge in [-0.15, -0.1) is 11.3 Å². The van der Waals surface area contributed by atoms with Crippen molar-refractivity contribution in [1.29, 1.82) is 0 Å². The fraction of sp³-hybridized carbons (Fsp3) is 0.167. The first kappa shape index (κ1) is 26.8. The number of aromatic amines is 1. The zero-order valence-electron chi connectivity index (χ0n) is 22.0. The van der Waals surface area contributed by atoms with E-state index in [2.05, 4.69) is 26.3 Å². The topological polar surface area (TPSA) is 123 Å². The molecule has 0 bridgehead atoms. The molecule has 1 aromatic carbocycles. The third-order valence-corrected chi connectivity index (χ3v) is 7.59. The van der Waals surface area contributed by atoms with Crippen molar-refractivity contribution in [3.8, 4) is 0 Å². The number of thiophene rings is 1. The highest BCUT2D eigenvalue weighted by atomic mass is 32.1. The van der Waals surface area contributed by atoms with E-state index in [1.54, 1.807) is 48.4 Å². The zero-order valence-corrected chi connectivity index (χ0v) is 22.8. The van der Waals surface area contributed by atoms with E-state index in [1.165, 1.54) is 12.1 Å². The minimum absolute atomic E-state index is 0.0468. The van der Waals surface area contributed by atoms with Crippen LogP contribution in [0.25, 0.3) is 11.6 Å². The number of carbonyl (C=O) groups is 1. The van der Waals surface area contributed by atoms with Crippen molar-refractivity contribution in [2.24, 2.45) is 0 Å². The van der Waals surface area contributed by atoms with Gasteiger partial charge in [0.2, 0.25) is 0 Å². The smallest absolute Gasteiger partial charge is 0.337 e. The predicted octanol–water partition coefficient (Wildman–Crippen LogP) is 6.01. The lowest BCUT2D eigenvalue weighted by Crippen LogP contribution is -2.28. The lowest BCUT2D eigenvalue weighted by Gasteiger charge is -2.31. The Bertz CT molecular complexity index is 1620. The molecule has 0 saturated carbocycles. The average Bonchev–Trinajstić information content (AvgIpc) is 3.63. The van der Waals surface area contributed by atoms with Gasteiger partial charge in [0, 0.05) is 65.0 Å². The molecular formula is C30H27N5O4S. The van der Waals surface area contributed by atoms with Crippen LogP contribution >= 0.6 is 11.3 Å². The molecule has 4 aromatic rings. The molecular weight excluding hydrogens is 526 g/mol. The van der Waals surface area contributed by atoms with Gasteiger partial charge in [0.05, 0.1) is 16.8 Å². The first-order chi connectivity index (χ1) is 19.4. The highest BCUT2D eigenvalue weighted by Gasteiger charge is 2.35. The molecule has 0 saturated heterocycles. The largest absolute Gasteiger partial charge is 0.458 e. The molecule has 1 atom stereocenters. The first-order valence-corrected chi connectivity index (χ1v) is 13.5. The van der Waals surface area contributed by atoms with Gasteiger partial charge in [-0.2, -0.15) is 0 Å². The van der Waals surface area contributed by atoms with Gasteiger partial charge < -0.3 is 15.0 Å². The summed E-state index contributed by atoms with van der Waals surface area (Å²) in [5.74, 6) is -1.08. The van der Waals surface area contributed by atoms with Crippen LogP contribution < -0.4 is 5.32 Å². The Morgan fingerprint density at radius 3 is 2.77 bits per heavy atom. The Morgan fingerprint density at radius 2 is 2.02 bits per heavy atom. The maximum absolute atomic E-state index is 13.6. The van der Waals surface area contributed by atoms with Crippen molar-refractivity contribution in [2.45, 2.75) is 26.2 Å². The van der Waals surface area contributed by atoms with E-state index in [0.717, 1.165) is 39.4 Å². The van der Waals surface area contributed by atoms with Gasteiger partial charge in [-0.1, -0.05) is 18.2 Å². The highest BCUT2D eigenvalue weighted by molar-refractivity contribution is 7.11. The molecule has 0 aliphatic carbocycles. The summed E-state index contributed by atoms with van der Waals surface area (Å²) in [6, 6.07) is 12.2. The molecule has 0 spiro atoms. The lowest BCUT2D eigenvalue weighted by molar-refractivity contribution is -0.384. The number of ether oxygens (including phenoxy) is 1. The summed E-state index contributed by atoms with van der Waals surface area (Å²) >= 11 is 1.61. The number of hydrogen-bond acceptors (Lipinski definition) is 8. The molecule has 0 amide bonds. The summed E-state index contributed by atoms with van der Waals surface area (Å²) in [6.07, 6.45) is 11.4. The number of allylic oxidation sites excluding steroid dienone is 3. The molecule has 0 radical (unpaired) electrons. The number of dihydropyridines is 1. The van der Waals surface area contributed by atoms with E-state index in [1.807, 2.05) is 43.5 Å². The molecule has 1 unspecified atom stereocenters. The number of non-ortho nitro benzene ring substituents is 1. The van der Waals surface area contributed by atoms with Crippen molar-refractivity contribution < 1.29 is 14.5 Å². The zero-order chi connectivity index (χ0) is 28.1. The second-order valence-electron chi connectivity index (χ2n) is 9.29. The maximum atomic E-state index is 13.6. The minimum Gasteiger partial charge on any atom is -0.458 e. The van der Waals surface area contributed by atoms with Gasteiger partial charge in [-0.25, -0.2) is 9.78 Å². The molecule has 0 fully saturated rings. The van der Waals surface area contributed by atoms with Crippen LogP contribution in [-0.4, -0.2) is 32.5 Å². The Hall–Kier alpha value is -4.83. The van der Waals surface area contributed by atoms with Gasteiger partial charge in [-0.05, 0) is 65.8 Å². The molecule has 1 aliphatic heterocycles. The quantitative estimate of drug-likeness (QED) is 0.148. The number of benzene rings is 1. The Kier molecular flexibility index (Phi) is 7.97. The van der Waals surface area contributed by atoms with Gasteiger partial charge in [0.1, 0.15) is 6.61 Å². The van der Waals surface area contributed by atoms with Crippen LogP contribution in [0.3, 0.4) is 0 Å². The molecule has 9 nitrogen and oxygen atoms in total. The number of pyridine rings is 1. The van der Waals surface area contributed by atoms with E-state index < -0.39 is 16.8 Å². The molecule has 10 heteroatoms. The van der Waals surface area contributed by atoms with Crippen molar-refractivity contribution in [2.75, 3.05) is 6.61 Å². The Labute approximate surface area is 235 Å². The van der Waals surface area contributed by atoms with Gasteiger partial charge in [0.15, 0.2) is 0 Å². The number of nitrogens with one attached hydrogen (secondary N) is 2. The highest BCUT2D eigenvalue weighted by Crippen LogP contribution is 2.44. The summed E-state index contributed by atoms with van der Waals surface area (Å²) in [7, 11) is 0. The number of H-pyrrole nitrogens is 1. The second-order valence-corrected chi connectivity index (χ2v) is 10.2. The summed E-state index contributed by atoms with van der Waals surface area (Å²) < 4.78 is 5.74. The molecule has 4 heterocycles. The fourth-order valence-electron chi connectivity index (χ4n) is 4.90. The second kappa shape index (κ2) is 11.9. The van der Waals surface area contributed by atoms with Crippen molar-refractivity contribution >= 4 is 34.6 Å². The number of imidazole rings is 1. The first-order valence-electron chi connectivity index (χ1n) is 12.6. The summed E-state index contributed by atoms with van der Waals surface area (Å²) in [5.41, 5.74) is 6.23. The monoisotopic (exact) mass is 553 g/mol. The Morgan fingerprint density at radius 1 is 1.15 bits per heavy atom. The number of nitro groups is 1. The van der Waals surface area contributed by atoms with Gasteiger partial charge in [0.25, 0.3) is 5.69 Å². The predicted molar refractivity (Wildman–Crippen MR) is 154 cm³/mol. The number of esters is 1. The number of nitrogens with zero attached hydrogens (tertiary/aromatic N) is 3. The third kappa shape index (κ3) is 5.76.